The van der Waals surface area contributed by atoms with Gasteiger partial charge in [-0.1, -0.05) is 6.07 Å². The first kappa shape index (κ1) is 12.6. The number of hydrogen-bond acceptors (Lipinski definition) is 3. The lowest BCUT2D eigenvalue weighted by Gasteiger charge is -2.05. The van der Waals surface area contributed by atoms with Gasteiger partial charge < -0.3 is 10.6 Å². The molecule has 0 fully saturated rings. The van der Waals surface area contributed by atoms with E-state index in [1.807, 2.05) is 42.8 Å². The van der Waals surface area contributed by atoms with Gasteiger partial charge in [0.2, 0.25) is 0 Å². The van der Waals surface area contributed by atoms with E-state index >= 15 is 0 Å². The molecule has 0 spiro atoms. The molecule has 2 N–H and O–H groups in total. The van der Waals surface area contributed by atoms with Crippen LogP contribution in [0.25, 0.3) is 0 Å². The minimum absolute atomic E-state index is 0.0193. The van der Waals surface area contributed by atoms with Crippen molar-refractivity contribution in [1.82, 2.24) is 5.32 Å². The first-order valence-electron chi connectivity index (χ1n) is 5.88. The van der Waals surface area contributed by atoms with E-state index in [4.69, 9.17) is 0 Å². The third-order valence-corrected chi connectivity index (χ3v) is 3.61. The lowest BCUT2D eigenvalue weighted by atomic mass is 10.2. The summed E-state index contributed by atoms with van der Waals surface area (Å²) in [6.07, 6.45) is 0.887. The molecule has 0 bridgehead atoms. The molecule has 18 heavy (non-hydrogen) atoms. The number of benzene rings is 1. The van der Waals surface area contributed by atoms with Crippen molar-refractivity contribution in [3.05, 3.63) is 52.2 Å². The molecule has 0 radical (unpaired) electrons. The minimum atomic E-state index is -0.0193. The molecular weight excluding hydrogens is 244 g/mol. The van der Waals surface area contributed by atoms with Crippen LogP contribution in [-0.2, 0) is 6.42 Å². The van der Waals surface area contributed by atoms with Crippen molar-refractivity contribution < 1.29 is 4.79 Å². The van der Waals surface area contributed by atoms with Gasteiger partial charge in [0.05, 0.1) is 0 Å². The monoisotopic (exact) mass is 260 g/mol. The van der Waals surface area contributed by atoms with E-state index < -0.39 is 0 Å². The number of thiophene rings is 1. The Morgan fingerprint density at radius 3 is 2.61 bits per heavy atom. The Morgan fingerprint density at radius 2 is 2.00 bits per heavy atom. The lowest BCUT2D eigenvalue weighted by Crippen LogP contribution is -2.25. The Hall–Kier alpha value is -1.81. The molecule has 2 aromatic rings. The Morgan fingerprint density at radius 1 is 1.22 bits per heavy atom. The average Bonchev–Trinajstić information content (AvgIpc) is 2.92. The van der Waals surface area contributed by atoms with Gasteiger partial charge in [-0.25, -0.2) is 0 Å². The van der Waals surface area contributed by atoms with Gasteiger partial charge in [0.25, 0.3) is 5.91 Å². The van der Waals surface area contributed by atoms with Gasteiger partial charge in [0.1, 0.15) is 0 Å². The highest BCUT2D eigenvalue weighted by Gasteiger charge is 2.04. The van der Waals surface area contributed by atoms with E-state index in [-0.39, 0.29) is 5.91 Å². The first-order chi connectivity index (χ1) is 8.79. The van der Waals surface area contributed by atoms with E-state index in [0.717, 1.165) is 12.1 Å². The number of carbonyl (C=O) groups is 1. The summed E-state index contributed by atoms with van der Waals surface area (Å²) in [5, 5.41) is 8.00. The largest absolute Gasteiger partial charge is 0.388 e. The van der Waals surface area contributed by atoms with Crippen LogP contribution in [0.4, 0.5) is 5.69 Å². The van der Waals surface area contributed by atoms with Gasteiger partial charge in [0.15, 0.2) is 0 Å². The molecule has 0 aliphatic heterocycles. The quantitative estimate of drug-likeness (QED) is 0.868. The van der Waals surface area contributed by atoms with E-state index in [1.165, 1.54) is 4.88 Å². The van der Waals surface area contributed by atoms with Crippen molar-refractivity contribution in [2.24, 2.45) is 0 Å². The molecule has 1 aromatic carbocycles. The second-order valence-corrected chi connectivity index (χ2v) is 4.94. The van der Waals surface area contributed by atoms with Gasteiger partial charge in [-0.15, -0.1) is 11.3 Å². The maximum atomic E-state index is 11.8. The summed E-state index contributed by atoms with van der Waals surface area (Å²) in [4.78, 5) is 13.1. The van der Waals surface area contributed by atoms with E-state index in [2.05, 4.69) is 16.7 Å². The molecule has 1 amide bonds. The summed E-state index contributed by atoms with van der Waals surface area (Å²) in [6.45, 7) is 0.674. The van der Waals surface area contributed by atoms with Crippen molar-refractivity contribution in [1.29, 1.82) is 0 Å². The maximum absolute atomic E-state index is 11.8. The summed E-state index contributed by atoms with van der Waals surface area (Å²) in [5.74, 6) is -0.0193. The molecule has 3 nitrogen and oxygen atoms in total. The predicted octanol–water partition coefficient (Wildman–Crippen LogP) is 2.76. The third kappa shape index (κ3) is 3.34. The highest BCUT2D eigenvalue weighted by Crippen LogP contribution is 2.10. The van der Waals surface area contributed by atoms with Gasteiger partial charge in [-0.2, -0.15) is 0 Å². The molecule has 1 aromatic heterocycles. The molecule has 94 valence electrons. The number of amides is 1. The molecule has 0 saturated heterocycles. The third-order valence-electron chi connectivity index (χ3n) is 2.67. The van der Waals surface area contributed by atoms with E-state index in [1.54, 1.807) is 11.3 Å². The minimum Gasteiger partial charge on any atom is -0.388 e. The van der Waals surface area contributed by atoms with Crippen LogP contribution in [0.2, 0.25) is 0 Å². The zero-order valence-electron chi connectivity index (χ0n) is 10.3. The molecule has 1 heterocycles. The highest BCUT2D eigenvalue weighted by molar-refractivity contribution is 7.09. The van der Waals surface area contributed by atoms with Crippen molar-refractivity contribution >= 4 is 22.9 Å². The fourth-order valence-electron chi connectivity index (χ4n) is 1.64. The van der Waals surface area contributed by atoms with Crippen LogP contribution in [-0.4, -0.2) is 19.5 Å². The summed E-state index contributed by atoms with van der Waals surface area (Å²) >= 11 is 1.72. The Kier molecular flexibility index (Phi) is 4.36. The topological polar surface area (TPSA) is 41.1 Å². The van der Waals surface area contributed by atoms with Crippen LogP contribution in [0.1, 0.15) is 15.2 Å². The molecule has 4 heteroatoms. The van der Waals surface area contributed by atoms with Crippen molar-refractivity contribution in [2.75, 3.05) is 18.9 Å². The standard InChI is InChI=1S/C14H16N2OS/c1-15-12-6-4-11(5-7-12)14(17)16-9-8-13-3-2-10-18-13/h2-7,10,15H,8-9H2,1H3,(H,16,17). The molecule has 0 saturated carbocycles. The van der Waals surface area contributed by atoms with Crippen LogP contribution in [0.5, 0.6) is 0 Å². The van der Waals surface area contributed by atoms with Gasteiger partial charge in [0, 0.05) is 29.7 Å². The molecule has 0 atom stereocenters. The zero-order chi connectivity index (χ0) is 12.8. The van der Waals surface area contributed by atoms with Crippen molar-refractivity contribution in [3.63, 3.8) is 0 Å². The van der Waals surface area contributed by atoms with E-state index in [0.29, 0.717) is 12.1 Å². The SMILES string of the molecule is CNc1ccc(C(=O)NCCc2cccs2)cc1. The van der Waals surface area contributed by atoms with Crippen LogP contribution in [0.3, 0.4) is 0 Å². The van der Waals surface area contributed by atoms with Crippen LogP contribution >= 0.6 is 11.3 Å². The average molecular weight is 260 g/mol. The fraction of sp³-hybridized carbons (Fsp3) is 0.214. The van der Waals surface area contributed by atoms with Gasteiger partial charge >= 0.3 is 0 Å². The van der Waals surface area contributed by atoms with Crippen LogP contribution < -0.4 is 10.6 Å². The second kappa shape index (κ2) is 6.21. The van der Waals surface area contributed by atoms with Crippen molar-refractivity contribution in [2.45, 2.75) is 6.42 Å². The number of nitrogens with one attached hydrogen (secondary N) is 2. The smallest absolute Gasteiger partial charge is 0.251 e. The van der Waals surface area contributed by atoms with Gasteiger partial charge in [-0.3, -0.25) is 4.79 Å². The second-order valence-electron chi connectivity index (χ2n) is 3.91. The van der Waals surface area contributed by atoms with E-state index in [9.17, 15) is 4.79 Å². The fourth-order valence-corrected chi connectivity index (χ4v) is 2.35. The summed E-state index contributed by atoms with van der Waals surface area (Å²) in [6, 6.07) is 11.6. The molecule has 2 rings (SSSR count). The Labute approximate surface area is 111 Å². The summed E-state index contributed by atoms with van der Waals surface area (Å²) in [5.41, 5.74) is 1.70. The molecule has 0 aliphatic rings. The predicted molar refractivity (Wildman–Crippen MR) is 76.3 cm³/mol. The number of hydrogen-bond donors (Lipinski definition) is 2. The van der Waals surface area contributed by atoms with Crippen LogP contribution in [0, 0.1) is 0 Å². The summed E-state index contributed by atoms with van der Waals surface area (Å²) in [7, 11) is 1.86. The Balaban J connectivity index is 1.83. The summed E-state index contributed by atoms with van der Waals surface area (Å²) < 4.78 is 0. The molecule has 0 aliphatic carbocycles. The number of rotatable bonds is 5. The van der Waals surface area contributed by atoms with Crippen LogP contribution in [0.15, 0.2) is 41.8 Å². The molecular formula is C14H16N2OS. The maximum Gasteiger partial charge on any atom is 0.251 e. The molecule has 0 unspecified atom stereocenters. The highest BCUT2D eigenvalue weighted by atomic mass is 32.1. The van der Waals surface area contributed by atoms with Gasteiger partial charge in [-0.05, 0) is 42.1 Å². The number of anilines is 1. The number of carbonyl (C=O) groups excluding carboxylic acids is 1. The first-order valence-corrected chi connectivity index (χ1v) is 6.76. The Bertz CT molecular complexity index is 491. The van der Waals surface area contributed by atoms with Crippen molar-refractivity contribution in [3.8, 4) is 0 Å². The normalized spacial score (nSPS) is 10.1. The zero-order valence-corrected chi connectivity index (χ0v) is 11.1. The lowest BCUT2D eigenvalue weighted by molar-refractivity contribution is 0.0954.